The Labute approximate surface area is 310 Å². The number of anilines is 1. The average Bonchev–Trinajstić information content (AvgIpc) is 3.52. The van der Waals surface area contributed by atoms with Crippen LogP contribution in [0.25, 0.3) is 6.08 Å². The van der Waals surface area contributed by atoms with Crippen LogP contribution in [-0.2, 0) is 24.6 Å². The first-order valence-corrected chi connectivity index (χ1v) is 17.7. The molecule has 2 heterocycles. The molecule has 0 spiro atoms. The van der Waals surface area contributed by atoms with E-state index in [4.69, 9.17) is 37.4 Å². The standard InChI is InChI=1S/C39H37Cl2N3O8/c1-5-43-35(46)25-13-12-24-26(33(25)37(43)48)19-28-36(47)44(42-30-15-9-22(40)18-29(30)41)38(49)39(28,21-7-10-23(50-2)11-8-21)27(24)14-6-20-16-31(51-3)34(45)32(17-20)52-4/h6-12,14-18,25-28,33,42,45H,5,13,19H2,1-4H3. The Morgan fingerprint density at radius 2 is 1.60 bits per heavy atom. The third-order valence-electron chi connectivity index (χ3n) is 11.0. The van der Waals surface area contributed by atoms with Crippen LogP contribution in [0.3, 0.4) is 0 Å². The number of methoxy groups -OCH3 is 3. The van der Waals surface area contributed by atoms with Gasteiger partial charge in [0.2, 0.25) is 17.6 Å². The van der Waals surface area contributed by atoms with Gasteiger partial charge >= 0.3 is 0 Å². The van der Waals surface area contributed by atoms with E-state index < -0.39 is 46.8 Å². The van der Waals surface area contributed by atoms with Crippen LogP contribution in [0.15, 0.2) is 72.3 Å². The number of ether oxygens (including phenoxy) is 3. The SMILES string of the molecule is CCN1C(=O)C2CC=C3C(CC4C(=O)N(Nc5ccc(Cl)cc5Cl)C(=O)C4(c4ccc(OC)cc4)C3C=Cc3cc(OC)c(O)c(OC)c3)C2C1=O. The summed E-state index contributed by atoms with van der Waals surface area (Å²) in [5.41, 5.74) is 3.76. The molecule has 1 saturated carbocycles. The smallest absolute Gasteiger partial charge is 0.260 e. The minimum Gasteiger partial charge on any atom is -0.502 e. The fourth-order valence-electron chi connectivity index (χ4n) is 8.68. The first kappa shape index (κ1) is 35.4. The highest BCUT2D eigenvalue weighted by Crippen LogP contribution is 2.61. The summed E-state index contributed by atoms with van der Waals surface area (Å²) >= 11 is 12.7. The maximum atomic E-state index is 15.3. The van der Waals surface area contributed by atoms with Gasteiger partial charge in [0, 0.05) is 17.5 Å². The monoisotopic (exact) mass is 745 g/mol. The number of amides is 4. The molecule has 3 fully saturated rings. The molecule has 2 aliphatic carbocycles. The van der Waals surface area contributed by atoms with Crippen molar-refractivity contribution in [3.63, 3.8) is 0 Å². The van der Waals surface area contributed by atoms with E-state index in [0.717, 1.165) is 10.6 Å². The number of benzene rings is 3. The minimum atomic E-state index is -1.50. The highest BCUT2D eigenvalue weighted by atomic mass is 35.5. The molecule has 0 bridgehead atoms. The molecule has 4 aliphatic rings. The van der Waals surface area contributed by atoms with Crippen molar-refractivity contribution >= 4 is 58.6 Å². The molecule has 270 valence electrons. The van der Waals surface area contributed by atoms with E-state index in [1.54, 1.807) is 68.6 Å². The van der Waals surface area contributed by atoms with E-state index in [2.05, 4.69) is 5.43 Å². The van der Waals surface area contributed by atoms with Gasteiger partial charge in [-0.05, 0) is 79.3 Å². The summed E-state index contributed by atoms with van der Waals surface area (Å²) in [7, 11) is 4.40. The number of imide groups is 2. The van der Waals surface area contributed by atoms with Crippen molar-refractivity contribution < 1.29 is 38.5 Å². The molecule has 0 radical (unpaired) electrons. The van der Waals surface area contributed by atoms with Gasteiger partial charge in [-0.15, -0.1) is 0 Å². The van der Waals surface area contributed by atoms with E-state index in [1.807, 2.05) is 12.2 Å². The first-order chi connectivity index (χ1) is 25.0. The Kier molecular flexibility index (Phi) is 9.21. The number of hydrazine groups is 1. The normalized spacial score (nSPS) is 26.7. The number of rotatable bonds is 9. The van der Waals surface area contributed by atoms with Crippen molar-refractivity contribution in [2.45, 2.75) is 25.2 Å². The summed E-state index contributed by atoms with van der Waals surface area (Å²) in [5.74, 6) is -4.19. The summed E-state index contributed by atoms with van der Waals surface area (Å²) in [6.45, 7) is 2.02. The molecule has 4 amide bonds. The molecular weight excluding hydrogens is 709 g/mol. The zero-order chi connectivity index (χ0) is 37.1. The third kappa shape index (κ3) is 5.32. The number of nitrogens with one attached hydrogen (secondary N) is 1. The fourth-order valence-corrected chi connectivity index (χ4v) is 9.13. The Bertz CT molecular complexity index is 2020. The lowest BCUT2D eigenvalue weighted by Gasteiger charge is -2.49. The molecule has 2 saturated heterocycles. The third-order valence-corrected chi connectivity index (χ3v) is 11.6. The van der Waals surface area contributed by atoms with Crippen molar-refractivity contribution in [2.24, 2.45) is 29.6 Å². The van der Waals surface area contributed by atoms with Crippen molar-refractivity contribution in [3.8, 4) is 23.0 Å². The predicted octanol–water partition coefficient (Wildman–Crippen LogP) is 6.28. The lowest BCUT2D eigenvalue weighted by atomic mass is 9.50. The van der Waals surface area contributed by atoms with Crippen LogP contribution in [0.1, 0.15) is 30.9 Å². The largest absolute Gasteiger partial charge is 0.502 e. The van der Waals surface area contributed by atoms with Crippen LogP contribution >= 0.6 is 23.2 Å². The van der Waals surface area contributed by atoms with Crippen molar-refractivity contribution in [1.82, 2.24) is 9.91 Å². The topological polar surface area (TPSA) is 135 Å². The number of carbonyl (C=O) groups excluding carboxylic acids is 4. The number of phenols is 1. The molecule has 3 aromatic rings. The second-order valence-corrected chi connectivity index (χ2v) is 14.2. The Morgan fingerprint density at radius 1 is 0.904 bits per heavy atom. The molecule has 6 atom stereocenters. The fraction of sp³-hybridized carbons (Fsp3) is 0.333. The second-order valence-electron chi connectivity index (χ2n) is 13.3. The van der Waals surface area contributed by atoms with E-state index in [-0.39, 0.29) is 47.1 Å². The number of phenolic OH excluding ortho intramolecular Hbond substituents is 1. The Balaban J connectivity index is 1.45. The summed E-state index contributed by atoms with van der Waals surface area (Å²) in [5, 5.41) is 12.2. The maximum Gasteiger partial charge on any atom is 0.260 e. The number of halogens is 2. The van der Waals surface area contributed by atoms with Crippen molar-refractivity contribution in [1.29, 1.82) is 0 Å². The van der Waals surface area contributed by atoms with Gasteiger partial charge in [0.1, 0.15) is 5.75 Å². The highest BCUT2D eigenvalue weighted by molar-refractivity contribution is 6.36. The summed E-state index contributed by atoms with van der Waals surface area (Å²) in [4.78, 5) is 58.7. The number of nitrogens with zero attached hydrogens (tertiary/aromatic N) is 2. The molecule has 13 heteroatoms. The van der Waals surface area contributed by atoms with Crippen LogP contribution in [0, 0.1) is 29.6 Å². The molecule has 2 N–H and O–H groups in total. The van der Waals surface area contributed by atoms with Crippen LogP contribution in [-0.4, -0.2) is 66.5 Å². The first-order valence-electron chi connectivity index (χ1n) is 16.9. The zero-order valence-corrected chi connectivity index (χ0v) is 30.4. The number of carbonyl (C=O) groups is 4. The quantitative estimate of drug-likeness (QED) is 0.192. The molecule has 7 rings (SSSR count). The predicted molar refractivity (Wildman–Crippen MR) is 194 cm³/mol. The van der Waals surface area contributed by atoms with Gasteiger partial charge < -0.3 is 19.3 Å². The number of fused-ring (bicyclic) bond motifs is 4. The molecule has 3 aromatic carbocycles. The number of hydrogen-bond acceptors (Lipinski definition) is 9. The number of allylic oxidation sites excluding steroid dienone is 3. The van der Waals surface area contributed by atoms with Gasteiger partial charge in [0.25, 0.3) is 11.8 Å². The molecular formula is C39H37Cl2N3O8. The van der Waals surface area contributed by atoms with Crippen molar-refractivity contribution in [3.05, 3.63) is 93.5 Å². The summed E-state index contributed by atoms with van der Waals surface area (Å²) in [6.07, 6.45) is 6.10. The molecule has 11 nitrogen and oxygen atoms in total. The lowest BCUT2D eigenvalue weighted by Crippen LogP contribution is -2.54. The van der Waals surface area contributed by atoms with E-state index >= 15 is 4.79 Å². The highest BCUT2D eigenvalue weighted by Gasteiger charge is 2.69. The Hall–Kier alpha value is -5.00. The number of aromatic hydroxyl groups is 1. The minimum absolute atomic E-state index is 0.151. The van der Waals surface area contributed by atoms with Gasteiger partial charge in [0.05, 0.1) is 55.2 Å². The lowest BCUT2D eigenvalue weighted by molar-refractivity contribution is -0.141. The molecule has 6 unspecified atom stereocenters. The van der Waals surface area contributed by atoms with E-state index in [1.165, 1.54) is 25.2 Å². The number of hydrogen-bond donors (Lipinski definition) is 2. The van der Waals surface area contributed by atoms with Gasteiger partial charge in [0.15, 0.2) is 11.5 Å². The second kappa shape index (κ2) is 13.5. The number of likely N-dealkylation sites (tertiary alicyclic amines) is 1. The maximum absolute atomic E-state index is 15.3. The van der Waals surface area contributed by atoms with Crippen LogP contribution in [0.4, 0.5) is 5.69 Å². The van der Waals surface area contributed by atoms with Gasteiger partial charge in [-0.2, -0.15) is 5.01 Å². The van der Waals surface area contributed by atoms with E-state index in [0.29, 0.717) is 34.0 Å². The molecule has 0 aromatic heterocycles. The van der Waals surface area contributed by atoms with E-state index in [9.17, 15) is 19.5 Å². The van der Waals surface area contributed by atoms with Crippen LogP contribution < -0.4 is 19.6 Å². The summed E-state index contributed by atoms with van der Waals surface area (Å²) < 4.78 is 16.3. The van der Waals surface area contributed by atoms with Gasteiger partial charge in [-0.25, -0.2) is 0 Å². The van der Waals surface area contributed by atoms with Crippen molar-refractivity contribution in [2.75, 3.05) is 33.3 Å². The average molecular weight is 747 g/mol. The van der Waals surface area contributed by atoms with Gasteiger partial charge in [-0.3, -0.25) is 29.5 Å². The van der Waals surface area contributed by atoms with Crippen LogP contribution in [0.2, 0.25) is 10.0 Å². The van der Waals surface area contributed by atoms with Crippen LogP contribution in [0.5, 0.6) is 23.0 Å². The molecule has 2 aliphatic heterocycles. The Morgan fingerprint density at radius 3 is 2.21 bits per heavy atom. The summed E-state index contributed by atoms with van der Waals surface area (Å²) in [6, 6.07) is 15.0. The molecule has 52 heavy (non-hydrogen) atoms. The zero-order valence-electron chi connectivity index (χ0n) is 28.9. The van der Waals surface area contributed by atoms with Gasteiger partial charge in [-0.1, -0.05) is 59.1 Å².